The topological polar surface area (TPSA) is 89.3 Å². The van der Waals surface area contributed by atoms with Crippen molar-refractivity contribution in [2.24, 2.45) is 5.14 Å². The number of hydrogen-bond donors (Lipinski definition) is 2. The van der Waals surface area contributed by atoms with Gasteiger partial charge < -0.3 is 5.32 Å². The summed E-state index contributed by atoms with van der Waals surface area (Å²) in [6.07, 6.45) is 1.92. The minimum Gasteiger partial charge on any atom is -0.352 e. The highest BCUT2D eigenvalue weighted by atomic mass is 32.2. The van der Waals surface area contributed by atoms with E-state index in [1.54, 1.807) is 6.92 Å². The van der Waals surface area contributed by atoms with E-state index in [0.717, 1.165) is 12.8 Å². The lowest BCUT2D eigenvalue weighted by molar-refractivity contribution is 0.0952. The quantitative estimate of drug-likeness (QED) is 0.787. The molecule has 0 spiro atoms. The SMILES string of the molecule is CCCCNC(=O)c1ccc(S(N)(=O)=O)cc1C. The fraction of sp³-hybridized carbons (Fsp3) is 0.417. The van der Waals surface area contributed by atoms with E-state index in [2.05, 4.69) is 5.32 Å². The van der Waals surface area contributed by atoms with Crippen LogP contribution in [0.2, 0.25) is 0 Å². The molecular formula is C12H18N2O3S. The van der Waals surface area contributed by atoms with E-state index in [-0.39, 0.29) is 10.8 Å². The van der Waals surface area contributed by atoms with Crippen molar-refractivity contribution in [1.82, 2.24) is 5.32 Å². The van der Waals surface area contributed by atoms with Gasteiger partial charge in [0.15, 0.2) is 0 Å². The summed E-state index contributed by atoms with van der Waals surface area (Å²) in [7, 11) is -3.72. The average molecular weight is 270 g/mol. The number of carbonyl (C=O) groups is 1. The summed E-state index contributed by atoms with van der Waals surface area (Å²) in [5.74, 6) is -0.193. The Bertz CT molecular complexity index is 538. The Morgan fingerprint density at radius 3 is 2.56 bits per heavy atom. The maximum atomic E-state index is 11.8. The Balaban J connectivity index is 2.89. The number of unbranched alkanes of at least 4 members (excludes halogenated alkanes) is 1. The number of carbonyl (C=O) groups excluding carboxylic acids is 1. The van der Waals surface area contributed by atoms with Crippen molar-refractivity contribution in [2.45, 2.75) is 31.6 Å². The zero-order chi connectivity index (χ0) is 13.8. The maximum absolute atomic E-state index is 11.8. The van der Waals surface area contributed by atoms with Crippen molar-refractivity contribution in [2.75, 3.05) is 6.54 Å². The van der Waals surface area contributed by atoms with Crippen molar-refractivity contribution in [1.29, 1.82) is 0 Å². The van der Waals surface area contributed by atoms with E-state index in [4.69, 9.17) is 5.14 Å². The molecule has 0 heterocycles. The predicted octanol–water partition coefficient (Wildman–Crippen LogP) is 1.17. The second kappa shape index (κ2) is 5.97. The number of aryl methyl sites for hydroxylation is 1. The Kier molecular flexibility index (Phi) is 4.86. The molecule has 1 aromatic rings. The lowest BCUT2D eigenvalue weighted by Gasteiger charge is -2.08. The van der Waals surface area contributed by atoms with E-state index >= 15 is 0 Å². The minimum atomic E-state index is -3.72. The van der Waals surface area contributed by atoms with Crippen LogP contribution in [0.1, 0.15) is 35.7 Å². The summed E-state index contributed by atoms with van der Waals surface area (Å²) in [5.41, 5.74) is 1.06. The number of sulfonamides is 1. The molecule has 3 N–H and O–H groups in total. The van der Waals surface area contributed by atoms with Gasteiger partial charge in [-0.1, -0.05) is 13.3 Å². The lowest BCUT2D eigenvalue weighted by atomic mass is 10.1. The van der Waals surface area contributed by atoms with Gasteiger partial charge in [-0.15, -0.1) is 0 Å². The highest BCUT2D eigenvalue weighted by molar-refractivity contribution is 7.89. The third-order valence-electron chi connectivity index (χ3n) is 2.59. The zero-order valence-corrected chi connectivity index (χ0v) is 11.4. The van der Waals surface area contributed by atoms with Crippen LogP contribution < -0.4 is 10.5 Å². The maximum Gasteiger partial charge on any atom is 0.251 e. The van der Waals surface area contributed by atoms with Crippen LogP contribution in [0.4, 0.5) is 0 Å². The molecule has 1 amide bonds. The first-order valence-corrected chi connectivity index (χ1v) is 7.32. The number of primary sulfonamides is 1. The molecule has 0 aliphatic carbocycles. The third kappa shape index (κ3) is 3.82. The molecule has 5 nitrogen and oxygen atoms in total. The van der Waals surface area contributed by atoms with Crippen LogP contribution in [-0.4, -0.2) is 20.9 Å². The number of benzene rings is 1. The largest absolute Gasteiger partial charge is 0.352 e. The first-order valence-electron chi connectivity index (χ1n) is 5.78. The molecule has 0 saturated carbocycles. The van der Waals surface area contributed by atoms with Crippen molar-refractivity contribution in [3.8, 4) is 0 Å². The second-order valence-corrected chi connectivity index (χ2v) is 5.69. The van der Waals surface area contributed by atoms with Crippen LogP contribution in [0.5, 0.6) is 0 Å². The summed E-state index contributed by atoms with van der Waals surface area (Å²) >= 11 is 0. The molecule has 0 aliphatic heterocycles. The molecule has 100 valence electrons. The number of amides is 1. The monoisotopic (exact) mass is 270 g/mol. The van der Waals surface area contributed by atoms with Gasteiger partial charge in [-0.05, 0) is 37.1 Å². The number of rotatable bonds is 5. The fourth-order valence-electron chi connectivity index (χ4n) is 1.54. The van der Waals surface area contributed by atoms with Crippen LogP contribution in [-0.2, 0) is 10.0 Å². The molecule has 1 rings (SSSR count). The molecule has 0 radical (unpaired) electrons. The summed E-state index contributed by atoms with van der Waals surface area (Å²) in [4.78, 5) is 11.8. The summed E-state index contributed by atoms with van der Waals surface area (Å²) in [6, 6.07) is 4.23. The molecule has 0 aliphatic rings. The molecule has 0 bridgehead atoms. The van der Waals surface area contributed by atoms with Crippen LogP contribution in [0, 0.1) is 6.92 Å². The highest BCUT2D eigenvalue weighted by Crippen LogP contribution is 2.14. The summed E-state index contributed by atoms with van der Waals surface area (Å²) in [6.45, 7) is 4.34. The molecule has 18 heavy (non-hydrogen) atoms. The van der Waals surface area contributed by atoms with Gasteiger partial charge in [0.25, 0.3) is 5.91 Å². The van der Waals surface area contributed by atoms with Gasteiger partial charge in [0.1, 0.15) is 0 Å². The zero-order valence-electron chi connectivity index (χ0n) is 10.6. The van der Waals surface area contributed by atoms with Crippen LogP contribution in [0.3, 0.4) is 0 Å². The van der Waals surface area contributed by atoms with Crippen molar-refractivity contribution >= 4 is 15.9 Å². The van der Waals surface area contributed by atoms with Gasteiger partial charge in [-0.2, -0.15) is 0 Å². The highest BCUT2D eigenvalue weighted by Gasteiger charge is 2.13. The number of hydrogen-bond acceptors (Lipinski definition) is 3. The predicted molar refractivity (Wildman–Crippen MR) is 69.8 cm³/mol. The molecule has 1 aromatic carbocycles. The van der Waals surface area contributed by atoms with Crippen LogP contribution in [0.25, 0.3) is 0 Å². The van der Waals surface area contributed by atoms with Gasteiger partial charge in [-0.25, -0.2) is 13.6 Å². The molecule has 0 fully saturated rings. The van der Waals surface area contributed by atoms with Gasteiger partial charge in [0.05, 0.1) is 4.90 Å². The van der Waals surface area contributed by atoms with E-state index < -0.39 is 10.0 Å². The van der Waals surface area contributed by atoms with E-state index in [9.17, 15) is 13.2 Å². The standard InChI is InChI=1S/C12H18N2O3S/c1-3-4-7-14-12(15)11-6-5-10(8-9(11)2)18(13,16)17/h5-6,8H,3-4,7H2,1-2H3,(H,14,15)(H2,13,16,17). The van der Waals surface area contributed by atoms with Gasteiger partial charge in [0.2, 0.25) is 10.0 Å². The van der Waals surface area contributed by atoms with Crippen LogP contribution >= 0.6 is 0 Å². The third-order valence-corrected chi connectivity index (χ3v) is 3.50. The smallest absolute Gasteiger partial charge is 0.251 e. The van der Waals surface area contributed by atoms with Crippen molar-refractivity contribution in [3.05, 3.63) is 29.3 Å². The Morgan fingerprint density at radius 2 is 2.06 bits per heavy atom. The normalized spacial score (nSPS) is 11.3. The van der Waals surface area contributed by atoms with Gasteiger partial charge in [-0.3, -0.25) is 4.79 Å². The molecule has 0 atom stereocenters. The average Bonchev–Trinajstić information content (AvgIpc) is 2.27. The Labute approximate surface area is 107 Å². The summed E-state index contributed by atoms with van der Waals surface area (Å²) in [5, 5.41) is 7.80. The first-order chi connectivity index (χ1) is 8.36. The van der Waals surface area contributed by atoms with Gasteiger partial charge in [0, 0.05) is 12.1 Å². The molecular weight excluding hydrogens is 252 g/mol. The minimum absolute atomic E-state index is 0.0186. The Morgan fingerprint density at radius 1 is 1.39 bits per heavy atom. The number of nitrogens with one attached hydrogen (secondary N) is 1. The molecule has 0 unspecified atom stereocenters. The lowest BCUT2D eigenvalue weighted by Crippen LogP contribution is -2.25. The Hall–Kier alpha value is -1.40. The van der Waals surface area contributed by atoms with E-state index in [1.165, 1.54) is 18.2 Å². The van der Waals surface area contributed by atoms with Crippen molar-refractivity contribution < 1.29 is 13.2 Å². The molecule has 0 aromatic heterocycles. The summed E-state index contributed by atoms with van der Waals surface area (Å²) < 4.78 is 22.3. The molecule has 0 saturated heterocycles. The molecule has 6 heteroatoms. The van der Waals surface area contributed by atoms with E-state index in [0.29, 0.717) is 17.7 Å². The number of nitrogens with two attached hydrogens (primary N) is 1. The van der Waals surface area contributed by atoms with E-state index in [1.807, 2.05) is 6.92 Å². The fourth-order valence-corrected chi connectivity index (χ4v) is 2.14. The first kappa shape index (κ1) is 14.7. The van der Waals surface area contributed by atoms with Crippen molar-refractivity contribution in [3.63, 3.8) is 0 Å². The van der Waals surface area contributed by atoms with Gasteiger partial charge >= 0.3 is 0 Å². The second-order valence-electron chi connectivity index (χ2n) is 4.13. The van der Waals surface area contributed by atoms with Crippen LogP contribution in [0.15, 0.2) is 23.1 Å².